The zero-order valence-corrected chi connectivity index (χ0v) is 10.3. The Balaban J connectivity index is 2.65. The summed E-state index contributed by atoms with van der Waals surface area (Å²) in [5.74, 6) is 0. The fourth-order valence-electron chi connectivity index (χ4n) is 0.829. The fourth-order valence-corrected chi connectivity index (χ4v) is 2.15. The molecule has 0 fully saturated rings. The SMILES string of the molecule is CC(C)N=C(Cl)Sc1ccc(Cl)cc1. The van der Waals surface area contributed by atoms with Gasteiger partial charge in [-0.2, -0.15) is 0 Å². The highest BCUT2D eigenvalue weighted by Gasteiger charge is 2.00. The molecule has 76 valence electrons. The van der Waals surface area contributed by atoms with Gasteiger partial charge >= 0.3 is 0 Å². The highest BCUT2D eigenvalue weighted by atomic mass is 35.5. The molecule has 4 heteroatoms. The Kier molecular flexibility index (Phi) is 4.79. The molecule has 0 bridgehead atoms. The molecule has 0 atom stereocenters. The van der Waals surface area contributed by atoms with E-state index >= 15 is 0 Å². The number of nitrogens with zero attached hydrogens (tertiary/aromatic N) is 1. The Hall–Kier alpha value is -0.180. The van der Waals surface area contributed by atoms with Gasteiger partial charge in [-0.15, -0.1) is 0 Å². The zero-order valence-electron chi connectivity index (χ0n) is 8.00. The van der Waals surface area contributed by atoms with Crippen molar-refractivity contribution in [2.24, 2.45) is 4.99 Å². The second kappa shape index (κ2) is 5.64. The Morgan fingerprint density at radius 2 is 1.86 bits per heavy atom. The van der Waals surface area contributed by atoms with Gasteiger partial charge in [0.25, 0.3) is 0 Å². The van der Waals surface area contributed by atoms with Crippen molar-refractivity contribution < 1.29 is 0 Å². The van der Waals surface area contributed by atoms with Crippen molar-refractivity contribution in [1.82, 2.24) is 0 Å². The molecule has 1 aromatic carbocycles. The predicted octanol–water partition coefficient (Wildman–Crippen LogP) is 4.44. The van der Waals surface area contributed by atoms with Crippen molar-refractivity contribution in [2.45, 2.75) is 24.8 Å². The Bertz CT molecular complexity index is 319. The number of thioether (sulfide) groups is 1. The molecule has 0 radical (unpaired) electrons. The maximum absolute atomic E-state index is 5.93. The molecule has 14 heavy (non-hydrogen) atoms. The van der Waals surface area contributed by atoms with Crippen LogP contribution in [-0.4, -0.2) is 10.5 Å². The van der Waals surface area contributed by atoms with Crippen LogP contribution in [0.25, 0.3) is 0 Å². The molecule has 0 aliphatic carbocycles. The van der Waals surface area contributed by atoms with Crippen molar-refractivity contribution in [3.8, 4) is 0 Å². The van der Waals surface area contributed by atoms with E-state index < -0.39 is 0 Å². The lowest BCUT2D eigenvalue weighted by Gasteiger charge is -2.01. The summed E-state index contributed by atoms with van der Waals surface area (Å²) in [6.07, 6.45) is 0. The first kappa shape index (κ1) is 11.9. The van der Waals surface area contributed by atoms with Gasteiger partial charge in [0.2, 0.25) is 0 Å². The van der Waals surface area contributed by atoms with Crippen molar-refractivity contribution in [3.63, 3.8) is 0 Å². The van der Waals surface area contributed by atoms with E-state index in [0.29, 0.717) is 4.50 Å². The third-order valence-electron chi connectivity index (χ3n) is 1.38. The van der Waals surface area contributed by atoms with Gasteiger partial charge in [-0.3, -0.25) is 4.99 Å². The van der Waals surface area contributed by atoms with Crippen molar-refractivity contribution >= 4 is 39.5 Å². The third-order valence-corrected chi connectivity index (χ3v) is 2.74. The summed E-state index contributed by atoms with van der Waals surface area (Å²) in [5, 5.41) is 0.728. The van der Waals surface area contributed by atoms with Gasteiger partial charge in [0.15, 0.2) is 4.50 Å². The van der Waals surface area contributed by atoms with Crippen LogP contribution in [0, 0.1) is 0 Å². The second-order valence-electron chi connectivity index (χ2n) is 3.03. The molecule has 0 aromatic heterocycles. The molecule has 0 aliphatic heterocycles. The zero-order chi connectivity index (χ0) is 10.6. The number of hydrogen-bond acceptors (Lipinski definition) is 2. The van der Waals surface area contributed by atoms with E-state index in [1.807, 2.05) is 38.1 Å². The van der Waals surface area contributed by atoms with Crippen LogP contribution in [0.1, 0.15) is 13.8 Å². The Morgan fingerprint density at radius 3 is 2.36 bits per heavy atom. The van der Waals surface area contributed by atoms with Crippen LogP contribution >= 0.6 is 35.0 Å². The number of aliphatic imine (C=N–C) groups is 1. The van der Waals surface area contributed by atoms with E-state index in [1.54, 1.807) is 0 Å². The topological polar surface area (TPSA) is 12.4 Å². The van der Waals surface area contributed by atoms with E-state index in [4.69, 9.17) is 23.2 Å². The van der Waals surface area contributed by atoms with Gasteiger partial charge in [-0.05, 0) is 38.1 Å². The van der Waals surface area contributed by atoms with Gasteiger partial charge in [-0.1, -0.05) is 35.0 Å². The number of rotatable bonds is 2. The molecule has 0 N–H and O–H groups in total. The van der Waals surface area contributed by atoms with Gasteiger partial charge < -0.3 is 0 Å². The molecule has 0 saturated heterocycles. The van der Waals surface area contributed by atoms with Crippen molar-refractivity contribution in [2.75, 3.05) is 0 Å². The molecule has 0 spiro atoms. The molecule has 0 amide bonds. The smallest absolute Gasteiger partial charge is 0.163 e. The summed E-state index contributed by atoms with van der Waals surface area (Å²) in [5.41, 5.74) is 0. The molecule has 0 heterocycles. The summed E-state index contributed by atoms with van der Waals surface area (Å²) in [4.78, 5) is 5.25. The Labute approximate surface area is 98.5 Å². The highest BCUT2D eigenvalue weighted by Crippen LogP contribution is 2.23. The van der Waals surface area contributed by atoms with Gasteiger partial charge in [0, 0.05) is 16.0 Å². The minimum Gasteiger partial charge on any atom is -0.264 e. The quantitative estimate of drug-likeness (QED) is 0.428. The molecule has 0 saturated carbocycles. The lowest BCUT2D eigenvalue weighted by molar-refractivity contribution is 0.842. The van der Waals surface area contributed by atoms with E-state index in [9.17, 15) is 0 Å². The average Bonchev–Trinajstić information content (AvgIpc) is 2.07. The highest BCUT2D eigenvalue weighted by molar-refractivity contribution is 8.16. The minimum absolute atomic E-state index is 0.224. The van der Waals surface area contributed by atoms with Crippen LogP contribution in [0.5, 0.6) is 0 Å². The summed E-state index contributed by atoms with van der Waals surface area (Å²) < 4.78 is 0.558. The number of hydrogen-bond donors (Lipinski definition) is 0. The maximum Gasteiger partial charge on any atom is 0.163 e. The average molecular weight is 248 g/mol. The first-order chi connectivity index (χ1) is 6.58. The molecule has 1 aromatic rings. The Morgan fingerprint density at radius 1 is 1.29 bits per heavy atom. The number of benzene rings is 1. The first-order valence-electron chi connectivity index (χ1n) is 4.24. The second-order valence-corrected chi connectivity index (χ2v) is 5.11. The summed E-state index contributed by atoms with van der Waals surface area (Å²) in [6, 6.07) is 7.74. The van der Waals surface area contributed by atoms with Crippen LogP contribution < -0.4 is 0 Å². The van der Waals surface area contributed by atoms with Gasteiger partial charge in [0.05, 0.1) is 0 Å². The van der Waals surface area contributed by atoms with Gasteiger partial charge in [-0.25, -0.2) is 0 Å². The fraction of sp³-hybridized carbons (Fsp3) is 0.300. The lowest BCUT2D eigenvalue weighted by Crippen LogP contribution is -1.91. The van der Waals surface area contributed by atoms with Crippen LogP contribution in [0.3, 0.4) is 0 Å². The monoisotopic (exact) mass is 247 g/mol. The van der Waals surface area contributed by atoms with E-state index in [1.165, 1.54) is 11.8 Å². The van der Waals surface area contributed by atoms with E-state index in [-0.39, 0.29) is 6.04 Å². The number of halogens is 2. The predicted molar refractivity (Wildman–Crippen MR) is 65.7 cm³/mol. The van der Waals surface area contributed by atoms with E-state index in [0.717, 1.165) is 9.92 Å². The summed E-state index contributed by atoms with van der Waals surface area (Å²) >= 11 is 13.1. The van der Waals surface area contributed by atoms with Crippen LogP contribution in [-0.2, 0) is 0 Å². The maximum atomic E-state index is 5.93. The largest absolute Gasteiger partial charge is 0.264 e. The summed E-state index contributed by atoms with van der Waals surface area (Å²) in [6.45, 7) is 3.98. The summed E-state index contributed by atoms with van der Waals surface area (Å²) in [7, 11) is 0. The van der Waals surface area contributed by atoms with Crippen molar-refractivity contribution in [3.05, 3.63) is 29.3 Å². The lowest BCUT2D eigenvalue weighted by atomic mass is 10.4. The first-order valence-corrected chi connectivity index (χ1v) is 5.82. The van der Waals surface area contributed by atoms with Crippen LogP contribution in [0.4, 0.5) is 0 Å². The minimum atomic E-state index is 0.224. The van der Waals surface area contributed by atoms with Crippen LogP contribution in [0.15, 0.2) is 34.2 Å². The normalized spacial score (nSPS) is 12.2. The van der Waals surface area contributed by atoms with Gasteiger partial charge in [0.1, 0.15) is 0 Å². The van der Waals surface area contributed by atoms with Crippen molar-refractivity contribution in [1.29, 1.82) is 0 Å². The molecule has 0 aliphatic rings. The third kappa shape index (κ3) is 4.36. The molecular formula is C10H11Cl2NS. The standard InChI is InChI=1S/C10H11Cl2NS/c1-7(2)13-10(12)14-9-5-3-8(11)4-6-9/h3-7H,1-2H3. The van der Waals surface area contributed by atoms with E-state index in [2.05, 4.69) is 4.99 Å². The molecular weight excluding hydrogens is 237 g/mol. The van der Waals surface area contributed by atoms with Crippen LogP contribution in [0.2, 0.25) is 5.02 Å². The molecule has 1 nitrogen and oxygen atoms in total. The molecule has 1 rings (SSSR count). The molecule has 0 unspecified atom stereocenters.